The topological polar surface area (TPSA) is 17.8 Å². The highest BCUT2D eigenvalue weighted by molar-refractivity contribution is 4.77. The van der Waals surface area contributed by atoms with Crippen molar-refractivity contribution in [3.63, 3.8) is 0 Å². The Bertz CT molecular complexity index is 204. The second-order valence-electron chi connectivity index (χ2n) is 3.89. The van der Waals surface area contributed by atoms with Gasteiger partial charge in [-0.25, -0.2) is 0 Å². The minimum absolute atomic E-state index is 1.08. The summed E-state index contributed by atoms with van der Waals surface area (Å²) >= 11 is 0. The van der Waals surface area contributed by atoms with Crippen LogP contribution in [-0.4, -0.2) is 9.78 Å². The van der Waals surface area contributed by atoms with E-state index < -0.39 is 0 Å². The van der Waals surface area contributed by atoms with Crippen LogP contribution >= 0.6 is 0 Å². The number of aromatic nitrogens is 2. The maximum Gasteiger partial charge on any atom is 0.0489 e. The Morgan fingerprint density at radius 3 is 2.36 bits per heavy atom. The molecule has 0 atom stereocenters. The van der Waals surface area contributed by atoms with Gasteiger partial charge in [0.1, 0.15) is 0 Å². The number of rotatable bonds is 8. The first-order valence-corrected chi connectivity index (χ1v) is 5.91. The highest BCUT2D eigenvalue weighted by atomic mass is 15.3. The van der Waals surface area contributed by atoms with Gasteiger partial charge in [-0.2, -0.15) is 5.10 Å². The van der Waals surface area contributed by atoms with Gasteiger partial charge in [-0.1, -0.05) is 45.4 Å². The molecule has 0 fully saturated rings. The summed E-state index contributed by atoms with van der Waals surface area (Å²) in [5.41, 5.74) is 0. The summed E-state index contributed by atoms with van der Waals surface area (Å²) in [6.45, 7) is 3.35. The van der Waals surface area contributed by atoms with E-state index in [1.807, 2.05) is 23.1 Å². The molecule has 1 rings (SSSR count). The Morgan fingerprint density at radius 1 is 1.00 bits per heavy atom. The van der Waals surface area contributed by atoms with Gasteiger partial charge in [0.15, 0.2) is 0 Å². The van der Waals surface area contributed by atoms with Gasteiger partial charge in [0.25, 0.3) is 0 Å². The fraction of sp³-hybridized carbons (Fsp3) is 0.750. The highest BCUT2D eigenvalue weighted by Gasteiger charge is 1.92. The van der Waals surface area contributed by atoms with E-state index in [9.17, 15) is 0 Å². The molecule has 0 aliphatic carbocycles. The minimum Gasteiger partial charge on any atom is -0.273 e. The molecule has 0 saturated carbocycles. The third kappa shape index (κ3) is 5.05. The maximum absolute atomic E-state index is 4.18. The van der Waals surface area contributed by atoms with Crippen LogP contribution in [0, 0.1) is 0 Å². The van der Waals surface area contributed by atoms with E-state index in [2.05, 4.69) is 12.0 Å². The van der Waals surface area contributed by atoms with Crippen molar-refractivity contribution >= 4 is 0 Å². The lowest BCUT2D eigenvalue weighted by molar-refractivity contribution is 0.523. The quantitative estimate of drug-likeness (QED) is 0.578. The summed E-state index contributed by atoms with van der Waals surface area (Å²) in [4.78, 5) is 0. The second-order valence-corrected chi connectivity index (χ2v) is 3.89. The van der Waals surface area contributed by atoms with Gasteiger partial charge in [0.2, 0.25) is 0 Å². The third-order valence-electron chi connectivity index (χ3n) is 2.55. The number of hydrogen-bond donors (Lipinski definition) is 0. The molecule has 0 aliphatic rings. The van der Waals surface area contributed by atoms with Crippen molar-refractivity contribution in [3.05, 3.63) is 18.5 Å². The monoisotopic (exact) mass is 194 g/mol. The van der Waals surface area contributed by atoms with Gasteiger partial charge in [0.05, 0.1) is 0 Å². The van der Waals surface area contributed by atoms with Crippen molar-refractivity contribution in [1.29, 1.82) is 0 Å². The molecule has 1 aromatic heterocycles. The summed E-state index contributed by atoms with van der Waals surface area (Å²) in [7, 11) is 0. The smallest absolute Gasteiger partial charge is 0.0489 e. The van der Waals surface area contributed by atoms with Crippen LogP contribution in [0.4, 0.5) is 0 Å². The lowest BCUT2D eigenvalue weighted by atomic mass is 10.1. The van der Waals surface area contributed by atoms with Crippen LogP contribution in [0.3, 0.4) is 0 Å². The van der Waals surface area contributed by atoms with Gasteiger partial charge >= 0.3 is 0 Å². The predicted octanol–water partition coefficient (Wildman–Crippen LogP) is 3.63. The molecule has 0 saturated heterocycles. The largest absolute Gasteiger partial charge is 0.273 e. The Labute approximate surface area is 87.3 Å². The first-order chi connectivity index (χ1) is 6.93. The Morgan fingerprint density at radius 2 is 1.71 bits per heavy atom. The molecule has 0 radical (unpaired) electrons. The first kappa shape index (κ1) is 11.3. The van der Waals surface area contributed by atoms with Crippen LogP contribution in [0.2, 0.25) is 0 Å². The van der Waals surface area contributed by atoms with Crippen molar-refractivity contribution < 1.29 is 0 Å². The van der Waals surface area contributed by atoms with E-state index in [4.69, 9.17) is 0 Å². The lowest BCUT2D eigenvalue weighted by Crippen LogP contribution is -1.97. The van der Waals surface area contributed by atoms with E-state index >= 15 is 0 Å². The standard InChI is InChI=1S/C12H22N2/c1-2-3-4-5-6-7-8-11-14-12-9-10-13-14/h9-10,12H,2-8,11H2,1H3. The average Bonchev–Trinajstić information content (AvgIpc) is 2.69. The van der Waals surface area contributed by atoms with Gasteiger partial charge < -0.3 is 0 Å². The third-order valence-corrected chi connectivity index (χ3v) is 2.55. The van der Waals surface area contributed by atoms with Gasteiger partial charge in [-0.15, -0.1) is 0 Å². The van der Waals surface area contributed by atoms with Gasteiger partial charge in [-0.05, 0) is 12.5 Å². The Hall–Kier alpha value is -0.790. The van der Waals surface area contributed by atoms with Crippen molar-refractivity contribution in [2.75, 3.05) is 0 Å². The van der Waals surface area contributed by atoms with Crippen LogP contribution in [0.1, 0.15) is 51.9 Å². The van der Waals surface area contributed by atoms with Gasteiger partial charge in [0, 0.05) is 18.9 Å². The van der Waals surface area contributed by atoms with E-state index in [-0.39, 0.29) is 0 Å². The van der Waals surface area contributed by atoms with E-state index in [0.29, 0.717) is 0 Å². The van der Waals surface area contributed by atoms with Crippen LogP contribution in [0.25, 0.3) is 0 Å². The number of hydrogen-bond acceptors (Lipinski definition) is 1. The normalized spacial score (nSPS) is 10.6. The zero-order valence-corrected chi connectivity index (χ0v) is 9.28. The molecule has 14 heavy (non-hydrogen) atoms. The molecule has 1 aromatic rings. The Balaban J connectivity index is 1.85. The molecule has 2 heteroatoms. The second kappa shape index (κ2) is 7.60. The molecule has 0 N–H and O–H groups in total. The fourth-order valence-corrected chi connectivity index (χ4v) is 1.66. The van der Waals surface area contributed by atoms with Crippen molar-refractivity contribution in [1.82, 2.24) is 9.78 Å². The zero-order chi connectivity index (χ0) is 10.1. The average molecular weight is 194 g/mol. The fourth-order valence-electron chi connectivity index (χ4n) is 1.66. The molecule has 1 heterocycles. The molecule has 0 aromatic carbocycles. The van der Waals surface area contributed by atoms with Crippen molar-refractivity contribution in [2.24, 2.45) is 0 Å². The zero-order valence-electron chi connectivity index (χ0n) is 9.28. The van der Waals surface area contributed by atoms with Crippen LogP contribution in [-0.2, 0) is 6.54 Å². The number of nitrogens with zero attached hydrogens (tertiary/aromatic N) is 2. The predicted molar refractivity (Wildman–Crippen MR) is 60.2 cm³/mol. The summed E-state index contributed by atoms with van der Waals surface area (Å²) in [6, 6.07) is 1.99. The van der Waals surface area contributed by atoms with Crippen LogP contribution < -0.4 is 0 Å². The summed E-state index contributed by atoms with van der Waals surface area (Å²) in [6.07, 6.45) is 13.5. The molecule has 0 amide bonds. The molecular weight excluding hydrogens is 172 g/mol. The Kier molecular flexibility index (Phi) is 6.13. The van der Waals surface area contributed by atoms with E-state index in [1.54, 1.807) is 0 Å². The van der Waals surface area contributed by atoms with Crippen LogP contribution in [0.15, 0.2) is 18.5 Å². The molecular formula is C12H22N2. The summed E-state index contributed by atoms with van der Waals surface area (Å²) in [5, 5.41) is 4.18. The summed E-state index contributed by atoms with van der Waals surface area (Å²) < 4.78 is 2.02. The molecule has 0 bridgehead atoms. The number of aryl methyl sites for hydroxylation is 1. The SMILES string of the molecule is CCCCCCCCCn1cccn1. The minimum atomic E-state index is 1.08. The molecule has 0 aliphatic heterocycles. The molecule has 0 spiro atoms. The maximum atomic E-state index is 4.18. The molecule has 80 valence electrons. The van der Waals surface area contributed by atoms with E-state index in [0.717, 1.165) is 6.54 Å². The number of unbranched alkanes of at least 4 members (excludes halogenated alkanes) is 6. The van der Waals surface area contributed by atoms with Crippen molar-refractivity contribution in [3.8, 4) is 0 Å². The molecule has 2 nitrogen and oxygen atoms in total. The van der Waals surface area contributed by atoms with Crippen molar-refractivity contribution in [2.45, 2.75) is 58.4 Å². The summed E-state index contributed by atoms with van der Waals surface area (Å²) in [5.74, 6) is 0. The first-order valence-electron chi connectivity index (χ1n) is 5.91. The highest BCUT2D eigenvalue weighted by Crippen LogP contribution is 2.07. The lowest BCUT2D eigenvalue weighted by Gasteiger charge is -2.01. The molecule has 0 unspecified atom stereocenters. The van der Waals surface area contributed by atoms with Gasteiger partial charge in [-0.3, -0.25) is 4.68 Å². The van der Waals surface area contributed by atoms with E-state index in [1.165, 1.54) is 44.9 Å². The van der Waals surface area contributed by atoms with Crippen LogP contribution in [0.5, 0.6) is 0 Å².